The summed E-state index contributed by atoms with van der Waals surface area (Å²) in [5.41, 5.74) is 1.07. The highest BCUT2D eigenvalue weighted by Crippen LogP contribution is 2.17. The van der Waals surface area contributed by atoms with Gasteiger partial charge in [0.25, 0.3) is 0 Å². The summed E-state index contributed by atoms with van der Waals surface area (Å²) < 4.78 is 17.9. The molecule has 70 valence electrons. The average Bonchev–Trinajstić information content (AvgIpc) is 2.12. The number of hydrogen-bond acceptors (Lipinski definition) is 2. The molecule has 0 heterocycles. The number of carbonyl (C=O) groups is 1. The van der Waals surface area contributed by atoms with Crippen LogP contribution < -0.4 is 0 Å². The molecule has 0 fully saturated rings. The van der Waals surface area contributed by atoms with Gasteiger partial charge in [0.15, 0.2) is 0 Å². The first-order valence-corrected chi connectivity index (χ1v) is 3.92. The van der Waals surface area contributed by atoms with E-state index in [1.165, 1.54) is 7.11 Å². The van der Waals surface area contributed by atoms with Crippen molar-refractivity contribution in [1.82, 2.24) is 0 Å². The van der Waals surface area contributed by atoms with Gasteiger partial charge in [-0.3, -0.25) is 0 Å². The van der Waals surface area contributed by atoms with Crippen LogP contribution in [0.5, 0.6) is 0 Å². The molecule has 1 rings (SSSR count). The minimum atomic E-state index is -0.626. The molecule has 1 aromatic carbocycles. The molecule has 0 unspecified atom stereocenters. The summed E-state index contributed by atoms with van der Waals surface area (Å²) in [6.45, 7) is 3.29. The molecule has 0 aliphatic heterocycles. The SMILES string of the molecule is COC(=O)c1c(C)ccc(C)c1F. The van der Waals surface area contributed by atoms with Crippen LogP contribution in [-0.4, -0.2) is 13.1 Å². The lowest BCUT2D eigenvalue weighted by Gasteiger charge is -2.06. The first-order chi connectivity index (χ1) is 6.07. The van der Waals surface area contributed by atoms with Crippen LogP contribution in [0.25, 0.3) is 0 Å². The lowest BCUT2D eigenvalue weighted by Crippen LogP contribution is -2.08. The van der Waals surface area contributed by atoms with Crippen LogP contribution in [0.2, 0.25) is 0 Å². The Balaban J connectivity index is 3.33. The number of rotatable bonds is 1. The van der Waals surface area contributed by atoms with Gasteiger partial charge in [0.05, 0.1) is 12.7 Å². The number of methoxy groups -OCH3 is 1. The van der Waals surface area contributed by atoms with Gasteiger partial charge in [-0.2, -0.15) is 0 Å². The fourth-order valence-corrected chi connectivity index (χ4v) is 1.13. The van der Waals surface area contributed by atoms with E-state index in [-0.39, 0.29) is 5.56 Å². The predicted molar refractivity (Wildman–Crippen MR) is 47.2 cm³/mol. The highest BCUT2D eigenvalue weighted by atomic mass is 19.1. The van der Waals surface area contributed by atoms with Crippen molar-refractivity contribution in [3.05, 3.63) is 34.6 Å². The molecule has 3 heteroatoms. The number of benzene rings is 1. The first kappa shape index (κ1) is 9.71. The maximum atomic E-state index is 13.4. The Hall–Kier alpha value is -1.38. The second kappa shape index (κ2) is 3.56. The number of ether oxygens (including phenoxy) is 1. The zero-order chi connectivity index (χ0) is 10.0. The van der Waals surface area contributed by atoms with E-state index < -0.39 is 11.8 Å². The fraction of sp³-hybridized carbons (Fsp3) is 0.300. The summed E-state index contributed by atoms with van der Waals surface area (Å²) in [6.07, 6.45) is 0. The maximum Gasteiger partial charge on any atom is 0.341 e. The zero-order valence-corrected chi connectivity index (χ0v) is 7.85. The Morgan fingerprint density at radius 3 is 2.38 bits per heavy atom. The van der Waals surface area contributed by atoms with E-state index in [0.29, 0.717) is 11.1 Å². The molecule has 0 saturated carbocycles. The molecule has 1 aromatic rings. The Bertz CT molecular complexity index is 345. The summed E-state index contributed by atoms with van der Waals surface area (Å²) in [5, 5.41) is 0. The standard InChI is InChI=1S/C10H11FO2/c1-6-4-5-7(2)9(11)8(6)10(12)13-3/h4-5H,1-3H3. The highest BCUT2D eigenvalue weighted by Gasteiger charge is 2.16. The van der Waals surface area contributed by atoms with Gasteiger partial charge in [-0.05, 0) is 25.0 Å². The van der Waals surface area contributed by atoms with E-state index in [1.54, 1.807) is 26.0 Å². The molecule has 0 atom stereocenters. The molecule has 0 aliphatic carbocycles. The first-order valence-electron chi connectivity index (χ1n) is 3.92. The van der Waals surface area contributed by atoms with Gasteiger partial charge in [-0.25, -0.2) is 9.18 Å². The van der Waals surface area contributed by atoms with Crippen LogP contribution in [0.1, 0.15) is 21.5 Å². The lowest BCUT2D eigenvalue weighted by atomic mass is 10.0. The largest absolute Gasteiger partial charge is 0.465 e. The summed E-state index contributed by atoms with van der Waals surface area (Å²) >= 11 is 0. The van der Waals surface area contributed by atoms with E-state index in [1.807, 2.05) is 0 Å². The second-order valence-electron chi connectivity index (χ2n) is 2.88. The van der Waals surface area contributed by atoms with E-state index in [9.17, 15) is 9.18 Å². The summed E-state index contributed by atoms with van der Waals surface area (Å²) in [4.78, 5) is 11.1. The Labute approximate surface area is 76.3 Å². The number of esters is 1. The Morgan fingerprint density at radius 2 is 1.85 bits per heavy atom. The van der Waals surface area contributed by atoms with Gasteiger partial charge in [0.1, 0.15) is 5.82 Å². The van der Waals surface area contributed by atoms with Crippen molar-refractivity contribution >= 4 is 5.97 Å². The quantitative estimate of drug-likeness (QED) is 0.622. The molecule has 2 nitrogen and oxygen atoms in total. The molecule has 0 aromatic heterocycles. The highest BCUT2D eigenvalue weighted by molar-refractivity contribution is 5.91. The van der Waals surface area contributed by atoms with Crippen LogP contribution in [0.3, 0.4) is 0 Å². The van der Waals surface area contributed by atoms with Gasteiger partial charge >= 0.3 is 5.97 Å². The molecular weight excluding hydrogens is 171 g/mol. The van der Waals surface area contributed by atoms with E-state index >= 15 is 0 Å². The third kappa shape index (κ3) is 1.69. The smallest absolute Gasteiger partial charge is 0.341 e. The minimum Gasteiger partial charge on any atom is -0.465 e. The second-order valence-corrected chi connectivity index (χ2v) is 2.88. The fourth-order valence-electron chi connectivity index (χ4n) is 1.13. The monoisotopic (exact) mass is 182 g/mol. The van der Waals surface area contributed by atoms with Crippen LogP contribution in [0.4, 0.5) is 4.39 Å². The third-order valence-corrected chi connectivity index (χ3v) is 1.93. The number of aryl methyl sites for hydroxylation is 2. The van der Waals surface area contributed by atoms with E-state index in [4.69, 9.17) is 0 Å². The van der Waals surface area contributed by atoms with Crippen LogP contribution in [0.15, 0.2) is 12.1 Å². The van der Waals surface area contributed by atoms with E-state index in [2.05, 4.69) is 4.74 Å². The summed E-state index contributed by atoms with van der Waals surface area (Å²) in [5.74, 6) is -1.12. The molecule has 0 radical (unpaired) electrons. The third-order valence-electron chi connectivity index (χ3n) is 1.93. The maximum absolute atomic E-state index is 13.4. The zero-order valence-electron chi connectivity index (χ0n) is 7.85. The molecule has 0 amide bonds. The van der Waals surface area contributed by atoms with Crippen LogP contribution in [0, 0.1) is 19.7 Å². The van der Waals surface area contributed by atoms with Gasteiger partial charge in [0.2, 0.25) is 0 Å². The Morgan fingerprint density at radius 1 is 1.31 bits per heavy atom. The van der Waals surface area contributed by atoms with Gasteiger partial charge in [-0.1, -0.05) is 12.1 Å². The average molecular weight is 182 g/mol. The van der Waals surface area contributed by atoms with E-state index in [0.717, 1.165) is 0 Å². The summed E-state index contributed by atoms with van der Waals surface area (Å²) in [6, 6.07) is 3.34. The van der Waals surface area contributed by atoms with Crippen molar-refractivity contribution in [2.45, 2.75) is 13.8 Å². The molecular formula is C10H11FO2. The lowest BCUT2D eigenvalue weighted by molar-refractivity contribution is 0.0594. The molecule has 0 saturated heterocycles. The normalized spacial score (nSPS) is 9.85. The topological polar surface area (TPSA) is 26.3 Å². The molecule has 0 spiro atoms. The van der Waals surface area contributed by atoms with Crippen molar-refractivity contribution in [3.8, 4) is 0 Å². The van der Waals surface area contributed by atoms with Crippen LogP contribution in [-0.2, 0) is 4.74 Å². The minimum absolute atomic E-state index is 0.0301. The summed E-state index contributed by atoms with van der Waals surface area (Å²) in [7, 11) is 1.24. The van der Waals surface area contributed by atoms with Gasteiger partial charge < -0.3 is 4.74 Å². The predicted octanol–water partition coefficient (Wildman–Crippen LogP) is 2.23. The van der Waals surface area contributed by atoms with Crippen molar-refractivity contribution in [1.29, 1.82) is 0 Å². The van der Waals surface area contributed by atoms with Crippen molar-refractivity contribution in [3.63, 3.8) is 0 Å². The molecule has 0 aliphatic rings. The molecule has 0 bridgehead atoms. The Kier molecular flexibility index (Phi) is 2.66. The number of carbonyl (C=O) groups excluding carboxylic acids is 1. The van der Waals surface area contributed by atoms with Crippen molar-refractivity contribution in [2.75, 3.05) is 7.11 Å². The molecule has 0 N–H and O–H groups in total. The number of halogens is 1. The van der Waals surface area contributed by atoms with Gasteiger partial charge in [-0.15, -0.1) is 0 Å². The van der Waals surface area contributed by atoms with Crippen LogP contribution >= 0.6 is 0 Å². The number of hydrogen-bond donors (Lipinski definition) is 0. The van der Waals surface area contributed by atoms with Crippen molar-refractivity contribution < 1.29 is 13.9 Å². The molecule has 13 heavy (non-hydrogen) atoms. The van der Waals surface area contributed by atoms with Gasteiger partial charge in [0, 0.05) is 0 Å². The van der Waals surface area contributed by atoms with Crippen molar-refractivity contribution in [2.24, 2.45) is 0 Å².